The maximum atomic E-state index is 14.3. The van der Waals surface area contributed by atoms with E-state index in [1.807, 2.05) is 24.3 Å². The summed E-state index contributed by atoms with van der Waals surface area (Å²) in [6.07, 6.45) is 0. The highest BCUT2D eigenvalue weighted by atomic mass is 19.1. The zero-order valence-electron chi connectivity index (χ0n) is 16.0. The lowest BCUT2D eigenvalue weighted by molar-refractivity contribution is 0.0600. The second-order valence-corrected chi connectivity index (χ2v) is 6.64. The van der Waals surface area contributed by atoms with Crippen molar-refractivity contribution in [3.05, 3.63) is 59.4 Å². The number of benzene rings is 2. The van der Waals surface area contributed by atoms with E-state index in [9.17, 15) is 9.18 Å². The number of morpholine rings is 1. The summed E-state index contributed by atoms with van der Waals surface area (Å²) < 4.78 is 24.4. The van der Waals surface area contributed by atoms with Gasteiger partial charge in [0.05, 0.1) is 36.9 Å². The average Bonchev–Trinajstić information content (AvgIpc) is 2.78. The van der Waals surface area contributed by atoms with Gasteiger partial charge in [0.25, 0.3) is 0 Å². The van der Waals surface area contributed by atoms with Gasteiger partial charge in [0.1, 0.15) is 5.82 Å². The maximum absolute atomic E-state index is 14.3. The molecule has 0 amide bonds. The standard InChI is InChI=1S/C21H21FN4O3/c1-28-21(27)14-6-7-16(22)15(12-14)13-23-19-20(26-8-10-29-11-9-26)25-18-5-3-2-4-17(18)24-19/h2-7,12H,8-11,13H2,1H3,(H,23,24). The highest BCUT2D eigenvalue weighted by Crippen LogP contribution is 2.26. The number of halogens is 1. The molecule has 1 saturated heterocycles. The fourth-order valence-corrected chi connectivity index (χ4v) is 3.24. The Kier molecular flexibility index (Phi) is 5.53. The van der Waals surface area contributed by atoms with Gasteiger partial charge < -0.3 is 19.7 Å². The van der Waals surface area contributed by atoms with E-state index in [-0.39, 0.29) is 6.54 Å². The van der Waals surface area contributed by atoms with Gasteiger partial charge in [-0.3, -0.25) is 0 Å². The van der Waals surface area contributed by atoms with Crippen molar-refractivity contribution in [3.63, 3.8) is 0 Å². The normalized spacial score (nSPS) is 14.1. The van der Waals surface area contributed by atoms with Gasteiger partial charge in [-0.2, -0.15) is 0 Å². The van der Waals surface area contributed by atoms with Crippen LogP contribution in [0.5, 0.6) is 0 Å². The van der Waals surface area contributed by atoms with Crippen LogP contribution in [0.4, 0.5) is 16.0 Å². The van der Waals surface area contributed by atoms with Crippen molar-refractivity contribution in [2.75, 3.05) is 43.6 Å². The molecule has 0 atom stereocenters. The molecule has 1 aromatic heterocycles. The number of aromatic nitrogens is 2. The molecule has 8 heteroatoms. The Labute approximate surface area is 167 Å². The van der Waals surface area contributed by atoms with Crippen LogP contribution in [-0.4, -0.2) is 49.4 Å². The quantitative estimate of drug-likeness (QED) is 0.665. The van der Waals surface area contributed by atoms with Crippen LogP contribution in [0.1, 0.15) is 15.9 Å². The highest BCUT2D eigenvalue weighted by molar-refractivity contribution is 5.89. The number of methoxy groups -OCH3 is 1. The summed E-state index contributed by atoms with van der Waals surface area (Å²) in [5.74, 6) is 0.350. The minimum Gasteiger partial charge on any atom is -0.465 e. The molecule has 0 saturated carbocycles. The Morgan fingerprint density at radius 2 is 1.90 bits per heavy atom. The van der Waals surface area contributed by atoms with Crippen LogP contribution in [0, 0.1) is 5.82 Å². The molecule has 4 rings (SSSR count). The van der Waals surface area contributed by atoms with Crippen molar-refractivity contribution < 1.29 is 18.7 Å². The van der Waals surface area contributed by atoms with Gasteiger partial charge in [0.2, 0.25) is 0 Å². The number of hydrogen-bond donors (Lipinski definition) is 1. The molecular weight excluding hydrogens is 375 g/mol. The molecule has 1 N–H and O–H groups in total. The zero-order valence-corrected chi connectivity index (χ0v) is 16.0. The molecule has 29 heavy (non-hydrogen) atoms. The van der Waals surface area contributed by atoms with Gasteiger partial charge in [-0.25, -0.2) is 19.2 Å². The van der Waals surface area contributed by atoms with Crippen LogP contribution in [0.25, 0.3) is 11.0 Å². The lowest BCUT2D eigenvalue weighted by Gasteiger charge is -2.29. The van der Waals surface area contributed by atoms with Crippen molar-refractivity contribution in [2.24, 2.45) is 0 Å². The number of ether oxygens (including phenoxy) is 2. The molecular formula is C21H21FN4O3. The van der Waals surface area contributed by atoms with E-state index < -0.39 is 11.8 Å². The van der Waals surface area contributed by atoms with Crippen LogP contribution in [0.3, 0.4) is 0 Å². The predicted octanol–water partition coefficient (Wildman–Crippen LogP) is 3.00. The molecule has 3 aromatic rings. The molecule has 0 aliphatic carbocycles. The van der Waals surface area contributed by atoms with E-state index in [4.69, 9.17) is 19.4 Å². The Morgan fingerprint density at radius 3 is 2.62 bits per heavy atom. The first-order chi connectivity index (χ1) is 14.2. The topological polar surface area (TPSA) is 76.6 Å². The number of carbonyl (C=O) groups excluding carboxylic acids is 1. The molecule has 2 heterocycles. The fourth-order valence-electron chi connectivity index (χ4n) is 3.24. The van der Waals surface area contributed by atoms with Crippen molar-refractivity contribution in [1.29, 1.82) is 0 Å². The Morgan fingerprint density at radius 1 is 1.17 bits per heavy atom. The molecule has 7 nitrogen and oxygen atoms in total. The van der Waals surface area contributed by atoms with Crippen LogP contribution in [0.15, 0.2) is 42.5 Å². The lowest BCUT2D eigenvalue weighted by atomic mass is 10.1. The summed E-state index contributed by atoms with van der Waals surface area (Å²) in [7, 11) is 1.29. The zero-order chi connectivity index (χ0) is 20.2. The van der Waals surface area contributed by atoms with E-state index in [0.717, 1.165) is 11.0 Å². The summed E-state index contributed by atoms with van der Waals surface area (Å²) in [5, 5.41) is 3.20. The Hall–Kier alpha value is -3.26. The fraction of sp³-hybridized carbons (Fsp3) is 0.286. The minimum absolute atomic E-state index is 0.154. The number of fused-ring (bicyclic) bond motifs is 1. The van der Waals surface area contributed by atoms with Crippen LogP contribution >= 0.6 is 0 Å². The number of anilines is 2. The summed E-state index contributed by atoms with van der Waals surface area (Å²) >= 11 is 0. The molecule has 0 radical (unpaired) electrons. The first kappa shape index (κ1) is 19.1. The molecule has 0 bridgehead atoms. The van der Waals surface area contributed by atoms with Crippen LogP contribution in [0.2, 0.25) is 0 Å². The van der Waals surface area contributed by atoms with Crippen molar-refractivity contribution in [2.45, 2.75) is 6.54 Å². The van der Waals surface area contributed by atoms with E-state index in [0.29, 0.717) is 49.1 Å². The van der Waals surface area contributed by atoms with Crippen molar-refractivity contribution in [1.82, 2.24) is 9.97 Å². The molecule has 0 unspecified atom stereocenters. The molecule has 1 aliphatic heterocycles. The number of para-hydroxylation sites is 2. The minimum atomic E-state index is -0.509. The summed E-state index contributed by atoms with van der Waals surface area (Å²) in [6, 6.07) is 11.8. The molecule has 2 aromatic carbocycles. The summed E-state index contributed by atoms with van der Waals surface area (Å²) in [4.78, 5) is 23.3. The second kappa shape index (κ2) is 8.40. The average molecular weight is 396 g/mol. The molecule has 150 valence electrons. The third-order valence-corrected chi connectivity index (χ3v) is 4.78. The maximum Gasteiger partial charge on any atom is 0.337 e. The molecule has 0 spiro atoms. The van der Waals surface area contributed by atoms with Gasteiger partial charge in [0, 0.05) is 25.2 Å². The Bertz CT molecular complexity index is 1040. The first-order valence-electron chi connectivity index (χ1n) is 9.36. The van der Waals surface area contributed by atoms with E-state index >= 15 is 0 Å². The van der Waals surface area contributed by atoms with Crippen molar-refractivity contribution in [3.8, 4) is 0 Å². The first-order valence-corrected chi connectivity index (χ1v) is 9.36. The van der Waals surface area contributed by atoms with E-state index in [1.165, 1.54) is 25.3 Å². The second-order valence-electron chi connectivity index (χ2n) is 6.64. The van der Waals surface area contributed by atoms with Crippen molar-refractivity contribution >= 4 is 28.6 Å². The monoisotopic (exact) mass is 396 g/mol. The van der Waals surface area contributed by atoms with Gasteiger partial charge in [-0.1, -0.05) is 12.1 Å². The Balaban J connectivity index is 1.65. The van der Waals surface area contributed by atoms with Gasteiger partial charge in [-0.05, 0) is 30.3 Å². The summed E-state index contributed by atoms with van der Waals surface area (Å²) in [5.41, 5.74) is 2.17. The number of nitrogens with zero attached hydrogens (tertiary/aromatic N) is 3. The number of nitrogens with one attached hydrogen (secondary N) is 1. The lowest BCUT2D eigenvalue weighted by Crippen LogP contribution is -2.37. The smallest absolute Gasteiger partial charge is 0.337 e. The third kappa shape index (κ3) is 4.12. The summed E-state index contributed by atoms with van der Waals surface area (Å²) in [6.45, 7) is 2.79. The van der Waals surface area contributed by atoms with Gasteiger partial charge >= 0.3 is 5.97 Å². The third-order valence-electron chi connectivity index (χ3n) is 4.78. The van der Waals surface area contributed by atoms with Crippen LogP contribution in [-0.2, 0) is 16.0 Å². The van der Waals surface area contributed by atoms with E-state index in [2.05, 4.69) is 10.2 Å². The van der Waals surface area contributed by atoms with Gasteiger partial charge in [-0.15, -0.1) is 0 Å². The van der Waals surface area contributed by atoms with Gasteiger partial charge in [0.15, 0.2) is 11.6 Å². The SMILES string of the molecule is COC(=O)c1ccc(F)c(CNc2nc3ccccc3nc2N2CCOCC2)c1. The predicted molar refractivity (Wildman–Crippen MR) is 108 cm³/mol. The molecule has 1 aliphatic rings. The highest BCUT2D eigenvalue weighted by Gasteiger charge is 2.19. The largest absolute Gasteiger partial charge is 0.465 e. The molecule has 1 fully saturated rings. The van der Waals surface area contributed by atoms with Crippen LogP contribution < -0.4 is 10.2 Å². The van der Waals surface area contributed by atoms with E-state index in [1.54, 1.807) is 0 Å². The number of carbonyl (C=O) groups is 1. The number of hydrogen-bond acceptors (Lipinski definition) is 7. The number of rotatable bonds is 5. The number of esters is 1.